The van der Waals surface area contributed by atoms with Gasteiger partial charge in [-0.05, 0) is 30.0 Å². The lowest BCUT2D eigenvalue weighted by molar-refractivity contribution is -0.136. The molecule has 26 heavy (non-hydrogen) atoms. The van der Waals surface area contributed by atoms with Gasteiger partial charge in [-0.2, -0.15) is 13.2 Å². The molecular formula is C18H13F3N4S. The fraction of sp³-hybridized carbons (Fsp3) is 0.167. The first kappa shape index (κ1) is 16.8. The van der Waals surface area contributed by atoms with Crippen molar-refractivity contribution in [1.82, 2.24) is 19.6 Å². The zero-order valence-electron chi connectivity index (χ0n) is 13.7. The minimum absolute atomic E-state index is 0.0909. The number of para-hydroxylation sites is 1. The maximum absolute atomic E-state index is 13.5. The van der Waals surface area contributed by atoms with E-state index in [4.69, 9.17) is 0 Å². The number of alkyl halides is 3. The molecule has 3 aromatic heterocycles. The third-order valence-electron chi connectivity index (χ3n) is 3.92. The van der Waals surface area contributed by atoms with Crippen molar-refractivity contribution in [3.8, 4) is 11.5 Å². The first-order chi connectivity index (χ1) is 12.5. The number of hydrogen-bond acceptors (Lipinski definition) is 4. The second-order valence-corrected chi connectivity index (χ2v) is 6.87. The van der Waals surface area contributed by atoms with E-state index in [1.807, 2.05) is 19.1 Å². The Bertz CT molecular complexity index is 1100. The normalized spacial score (nSPS) is 12.2. The Morgan fingerprint density at radius 3 is 2.69 bits per heavy atom. The largest absolute Gasteiger partial charge is 0.417 e. The maximum Gasteiger partial charge on any atom is 0.417 e. The van der Waals surface area contributed by atoms with Gasteiger partial charge in [0.05, 0.1) is 11.1 Å². The van der Waals surface area contributed by atoms with Crippen molar-refractivity contribution in [3.63, 3.8) is 0 Å². The fourth-order valence-electron chi connectivity index (χ4n) is 2.85. The van der Waals surface area contributed by atoms with E-state index in [9.17, 15) is 13.2 Å². The molecular weight excluding hydrogens is 361 g/mol. The van der Waals surface area contributed by atoms with Crippen LogP contribution in [0.25, 0.3) is 28.1 Å². The van der Waals surface area contributed by atoms with Crippen LogP contribution in [-0.2, 0) is 6.18 Å². The van der Waals surface area contributed by atoms with Crippen LogP contribution in [0.5, 0.6) is 0 Å². The van der Waals surface area contributed by atoms with Crippen molar-refractivity contribution in [1.29, 1.82) is 0 Å². The number of halogens is 3. The van der Waals surface area contributed by atoms with Gasteiger partial charge in [-0.25, -0.2) is 9.50 Å². The number of benzene rings is 1. The van der Waals surface area contributed by atoms with E-state index >= 15 is 0 Å². The average Bonchev–Trinajstić information content (AvgIpc) is 3.05. The zero-order chi connectivity index (χ0) is 18.3. The summed E-state index contributed by atoms with van der Waals surface area (Å²) in [6.45, 7) is 2.02. The lowest BCUT2D eigenvalue weighted by Crippen LogP contribution is -2.07. The number of nitrogens with zero attached hydrogens (tertiary/aromatic N) is 4. The van der Waals surface area contributed by atoms with Gasteiger partial charge >= 0.3 is 6.18 Å². The lowest BCUT2D eigenvalue weighted by Gasteiger charge is -2.10. The van der Waals surface area contributed by atoms with Crippen LogP contribution >= 0.6 is 11.8 Å². The predicted molar refractivity (Wildman–Crippen MR) is 95.1 cm³/mol. The highest BCUT2D eigenvalue weighted by Crippen LogP contribution is 2.36. The van der Waals surface area contributed by atoms with E-state index in [0.29, 0.717) is 17.0 Å². The summed E-state index contributed by atoms with van der Waals surface area (Å²) < 4.78 is 41.8. The van der Waals surface area contributed by atoms with Crippen LogP contribution in [-0.4, -0.2) is 25.3 Å². The molecule has 0 aliphatic carbocycles. The standard InChI is InChI=1S/C18H13F3N4S/c1-2-26-14-8-5-9-22-16(14)17-23-15-10-12(18(19,20)21)11-6-3-4-7-13(11)25(15)24-17/h3-10H,2H2,1H3. The molecule has 3 heterocycles. The Kier molecular flexibility index (Phi) is 4.07. The summed E-state index contributed by atoms with van der Waals surface area (Å²) >= 11 is 1.59. The van der Waals surface area contributed by atoms with Crippen molar-refractivity contribution >= 4 is 28.3 Å². The topological polar surface area (TPSA) is 43.1 Å². The second kappa shape index (κ2) is 6.28. The van der Waals surface area contributed by atoms with E-state index < -0.39 is 11.7 Å². The Balaban J connectivity index is 2.01. The molecule has 0 atom stereocenters. The Morgan fingerprint density at radius 1 is 1.12 bits per heavy atom. The zero-order valence-corrected chi connectivity index (χ0v) is 14.5. The van der Waals surface area contributed by atoms with E-state index in [2.05, 4.69) is 15.1 Å². The van der Waals surface area contributed by atoms with Gasteiger partial charge in [-0.15, -0.1) is 16.9 Å². The van der Waals surface area contributed by atoms with Gasteiger partial charge in [0.15, 0.2) is 5.65 Å². The highest BCUT2D eigenvalue weighted by Gasteiger charge is 2.34. The molecule has 0 aliphatic rings. The van der Waals surface area contributed by atoms with Gasteiger partial charge in [0.25, 0.3) is 0 Å². The van der Waals surface area contributed by atoms with Crippen LogP contribution in [0, 0.1) is 0 Å². The maximum atomic E-state index is 13.5. The molecule has 4 nitrogen and oxygen atoms in total. The van der Waals surface area contributed by atoms with Gasteiger partial charge in [0, 0.05) is 16.5 Å². The number of thioether (sulfide) groups is 1. The molecule has 0 saturated carbocycles. The summed E-state index contributed by atoms with van der Waals surface area (Å²) in [5, 5.41) is 4.53. The highest BCUT2D eigenvalue weighted by molar-refractivity contribution is 7.99. The molecule has 0 amide bonds. The van der Waals surface area contributed by atoms with E-state index in [1.165, 1.54) is 10.6 Å². The smallest absolute Gasteiger partial charge is 0.252 e. The monoisotopic (exact) mass is 374 g/mol. The third kappa shape index (κ3) is 2.80. The van der Waals surface area contributed by atoms with Gasteiger partial charge in [-0.3, -0.25) is 4.98 Å². The van der Waals surface area contributed by atoms with Crippen molar-refractivity contribution in [3.05, 3.63) is 54.2 Å². The Morgan fingerprint density at radius 2 is 1.92 bits per heavy atom. The van der Waals surface area contributed by atoms with Gasteiger partial charge in [0.1, 0.15) is 5.69 Å². The number of fused-ring (bicyclic) bond motifs is 3. The molecule has 0 N–H and O–H groups in total. The van der Waals surface area contributed by atoms with Crippen LogP contribution in [0.15, 0.2) is 53.6 Å². The summed E-state index contributed by atoms with van der Waals surface area (Å²) in [7, 11) is 0. The SMILES string of the molecule is CCSc1cccnc1-c1nc2cc(C(F)(F)F)c3ccccc3n2n1. The molecule has 0 fully saturated rings. The third-order valence-corrected chi connectivity index (χ3v) is 4.84. The minimum atomic E-state index is -4.47. The Hall–Kier alpha value is -2.61. The molecule has 0 radical (unpaired) electrons. The molecule has 0 spiro atoms. The molecule has 0 unspecified atom stereocenters. The highest BCUT2D eigenvalue weighted by atomic mass is 32.2. The van der Waals surface area contributed by atoms with Gasteiger partial charge in [-0.1, -0.05) is 25.1 Å². The molecule has 4 rings (SSSR count). The molecule has 0 saturated heterocycles. The van der Waals surface area contributed by atoms with Gasteiger partial charge < -0.3 is 0 Å². The summed E-state index contributed by atoms with van der Waals surface area (Å²) in [5.41, 5.74) is 0.352. The van der Waals surface area contributed by atoms with Crippen molar-refractivity contribution in [2.75, 3.05) is 5.75 Å². The first-order valence-electron chi connectivity index (χ1n) is 7.93. The summed E-state index contributed by atoms with van der Waals surface area (Å²) in [6.07, 6.45) is -2.85. The van der Waals surface area contributed by atoms with Crippen molar-refractivity contribution in [2.24, 2.45) is 0 Å². The van der Waals surface area contributed by atoms with Gasteiger partial charge in [0.2, 0.25) is 5.82 Å². The number of pyridine rings is 2. The predicted octanol–water partition coefficient (Wildman–Crippen LogP) is 5.08. The molecule has 0 bridgehead atoms. The van der Waals surface area contributed by atoms with Crippen molar-refractivity contribution < 1.29 is 13.2 Å². The summed E-state index contributed by atoms with van der Waals surface area (Å²) in [5.74, 6) is 1.15. The Labute approximate surface area is 151 Å². The fourth-order valence-corrected chi connectivity index (χ4v) is 3.62. The van der Waals surface area contributed by atoms with E-state index in [-0.39, 0.29) is 11.0 Å². The number of aromatic nitrogens is 4. The van der Waals surface area contributed by atoms with Crippen LogP contribution < -0.4 is 0 Å². The number of hydrogen-bond donors (Lipinski definition) is 0. The minimum Gasteiger partial charge on any atom is -0.252 e. The average molecular weight is 374 g/mol. The van der Waals surface area contributed by atoms with E-state index in [0.717, 1.165) is 16.7 Å². The van der Waals surface area contributed by atoms with Crippen LogP contribution in [0.3, 0.4) is 0 Å². The molecule has 8 heteroatoms. The molecule has 0 aliphatic heterocycles. The molecule has 1 aromatic carbocycles. The molecule has 132 valence electrons. The summed E-state index contributed by atoms with van der Waals surface area (Å²) in [6, 6.07) is 11.1. The lowest BCUT2D eigenvalue weighted by atomic mass is 10.1. The number of rotatable bonds is 3. The van der Waals surface area contributed by atoms with Crippen LogP contribution in [0.1, 0.15) is 12.5 Å². The van der Waals surface area contributed by atoms with Crippen LogP contribution in [0.4, 0.5) is 13.2 Å². The first-order valence-corrected chi connectivity index (χ1v) is 8.91. The molecule has 4 aromatic rings. The summed E-state index contributed by atoms with van der Waals surface area (Å²) in [4.78, 5) is 9.55. The van der Waals surface area contributed by atoms with E-state index in [1.54, 1.807) is 36.2 Å². The van der Waals surface area contributed by atoms with Crippen molar-refractivity contribution in [2.45, 2.75) is 18.0 Å². The van der Waals surface area contributed by atoms with Crippen LogP contribution in [0.2, 0.25) is 0 Å². The second-order valence-electron chi connectivity index (χ2n) is 5.56. The quantitative estimate of drug-likeness (QED) is 0.469.